The molecule has 124 valence electrons. The maximum atomic E-state index is 10.3. The molecule has 0 aliphatic carbocycles. The zero-order chi connectivity index (χ0) is 17.2. The SMILES string of the molecule is O=C(O)CC(O)(CC(=O)O)C(=O)O.OCC(O)C(O)CO. The summed E-state index contributed by atoms with van der Waals surface area (Å²) in [7, 11) is 0. The Hall–Kier alpha value is -1.79. The van der Waals surface area contributed by atoms with Gasteiger partial charge in [0.15, 0.2) is 5.60 Å². The number of aliphatic hydroxyl groups is 5. The second-order valence-electron chi connectivity index (χ2n) is 3.98. The summed E-state index contributed by atoms with van der Waals surface area (Å²) in [5.74, 6) is -5.02. The standard InChI is InChI=1S/C6H8O7.C4H10O4/c7-3(8)1-6(13,5(11)12)2-4(9)10;5-1-3(7)4(8)2-6/h13H,1-2H2,(H,7,8)(H,9,10)(H,11,12);3-8H,1-2H2. The third kappa shape index (κ3) is 9.70. The molecular formula is C10H18O11. The largest absolute Gasteiger partial charge is 0.481 e. The van der Waals surface area contributed by atoms with Crippen molar-refractivity contribution in [2.75, 3.05) is 13.2 Å². The molecule has 2 atom stereocenters. The molecule has 0 spiro atoms. The number of carboxylic acid groups (broad SMARTS) is 3. The maximum absolute atomic E-state index is 10.3. The monoisotopic (exact) mass is 314 g/mol. The zero-order valence-corrected chi connectivity index (χ0v) is 10.8. The lowest BCUT2D eigenvalue weighted by molar-refractivity contribution is -0.170. The fraction of sp³-hybridized carbons (Fsp3) is 0.700. The van der Waals surface area contributed by atoms with E-state index >= 15 is 0 Å². The Labute approximate surface area is 118 Å². The second-order valence-corrected chi connectivity index (χ2v) is 3.98. The molecule has 11 heteroatoms. The summed E-state index contributed by atoms with van der Waals surface area (Å²) in [6.45, 7) is -1.05. The summed E-state index contributed by atoms with van der Waals surface area (Å²) in [6, 6.07) is 0. The Morgan fingerprint density at radius 2 is 1.10 bits per heavy atom. The molecule has 0 rings (SSSR count). The van der Waals surface area contributed by atoms with E-state index in [1.165, 1.54) is 0 Å². The Kier molecular flexibility index (Phi) is 10.3. The summed E-state index contributed by atoms with van der Waals surface area (Å²) in [6.07, 6.45) is -4.73. The van der Waals surface area contributed by atoms with Gasteiger partial charge in [0.2, 0.25) is 0 Å². The average Bonchev–Trinajstić information content (AvgIpc) is 2.35. The first kappa shape index (κ1) is 21.5. The van der Waals surface area contributed by atoms with E-state index < -0.39 is 61.8 Å². The number of rotatable bonds is 8. The van der Waals surface area contributed by atoms with Gasteiger partial charge in [0, 0.05) is 0 Å². The maximum Gasteiger partial charge on any atom is 0.336 e. The van der Waals surface area contributed by atoms with Crippen molar-refractivity contribution in [1.82, 2.24) is 0 Å². The number of hydrogen-bond acceptors (Lipinski definition) is 8. The van der Waals surface area contributed by atoms with Crippen LogP contribution in [0.1, 0.15) is 12.8 Å². The minimum absolute atomic E-state index is 0.526. The van der Waals surface area contributed by atoms with Gasteiger partial charge >= 0.3 is 17.9 Å². The van der Waals surface area contributed by atoms with E-state index in [0.717, 1.165) is 0 Å². The minimum atomic E-state index is -2.74. The van der Waals surface area contributed by atoms with Crippen LogP contribution in [0, 0.1) is 0 Å². The third-order valence-electron chi connectivity index (χ3n) is 2.10. The van der Waals surface area contributed by atoms with Gasteiger partial charge in [0.05, 0.1) is 26.1 Å². The first-order valence-corrected chi connectivity index (χ1v) is 5.47. The smallest absolute Gasteiger partial charge is 0.336 e. The van der Waals surface area contributed by atoms with Crippen molar-refractivity contribution >= 4 is 17.9 Å². The van der Waals surface area contributed by atoms with Gasteiger partial charge < -0.3 is 40.9 Å². The highest BCUT2D eigenvalue weighted by atomic mass is 16.4. The van der Waals surface area contributed by atoms with E-state index in [-0.39, 0.29) is 0 Å². The lowest BCUT2D eigenvalue weighted by Crippen LogP contribution is -2.42. The van der Waals surface area contributed by atoms with Crippen LogP contribution in [0.4, 0.5) is 0 Å². The van der Waals surface area contributed by atoms with E-state index in [0.29, 0.717) is 0 Å². The van der Waals surface area contributed by atoms with Gasteiger partial charge in [-0.25, -0.2) is 4.79 Å². The van der Waals surface area contributed by atoms with Gasteiger partial charge in [-0.2, -0.15) is 0 Å². The number of carboxylic acids is 3. The van der Waals surface area contributed by atoms with Crippen LogP contribution in [0.15, 0.2) is 0 Å². The fourth-order valence-electron chi connectivity index (χ4n) is 0.957. The molecule has 0 aromatic carbocycles. The summed E-state index contributed by atoms with van der Waals surface area (Å²) < 4.78 is 0. The van der Waals surface area contributed by atoms with Crippen LogP contribution in [0.5, 0.6) is 0 Å². The van der Waals surface area contributed by atoms with Crippen molar-refractivity contribution in [3.8, 4) is 0 Å². The average molecular weight is 314 g/mol. The highest BCUT2D eigenvalue weighted by molar-refractivity contribution is 5.88. The van der Waals surface area contributed by atoms with Crippen molar-refractivity contribution in [2.24, 2.45) is 0 Å². The molecule has 0 aromatic heterocycles. The molecule has 0 aromatic rings. The molecule has 0 amide bonds. The zero-order valence-electron chi connectivity index (χ0n) is 10.8. The molecule has 0 fully saturated rings. The van der Waals surface area contributed by atoms with Crippen molar-refractivity contribution < 1.29 is 55.2 Å². The van der Waals surface area contributed by atoms with Crippen LogP contribution in [-0.2, 0) is 14.4 Å². The second kappa shape index (κ2) is 10.0. The molecule has 0 aliphatic rings. The number of hydrogen-bond donors (Lipinski definition) is 8. The summed E-state index contributed by atoms with van der Waals surface area (Å²) in [4.78, 5) is 30.5. The van der Waals surface area contributed by atoms with E-state index in [2.05, 4.69) is 0 Å². The lowest BCUT2D eigenvalue weighted by Gasteiger charge is -2.18. The van der Waals surface area contributed by atoms with Gasteiger partial charge in [-0.15, -0.1) is 0 Å². The summed E-state index contributed by atoms with van der Waals surface area (Å²) >= 11 is 0. The molecular weight excluding hydrogens is 296 g/mol. The minimum Gasteiger partial charge on any atom is -0.481 e. The normalized spacial score (nSPS) is 13.6. The molecule has 2 unspecified atom stereocenters. The Morgan fingerprint density at radius 1 is 0.810 bits per heavy atom. The van der Waals surface area contributed by atoms with Crippen molar-refractivity contribution in [3.63, 3.8) is 0 Å². The Balaban J connectivity index is 0. The van der Waals surface area contributed by atoms with Gasteiger partial charge in [-0.3, -0.25) is 9.59 Å². The summed E-state index contributed by atoms with van der Waals surface area (Å²) in [5.41, 5.74) is -2.74. The molecule has 0 heterocycles. The van der Waals surface area contributed by atoms with E-state index in [4.69, 9.17) is 40.9 Å². The molecule has 8 N–H and O–H groups in total. The predicted octanol–water partition coefficient (Wildman–Crippen LogP) is -3.56. The molecule has 0 radical (unpaired) electrons. The Bertz CT molecular complexity index is 329. The lowest BCUT2D eigenvalue weighted by atomic mass is 9.96. The molecule has 0 aliphatic heterocycles. The van der Waals surface area contributed by atoms with Crippen LogP contribution in [0.25, 0.3) is 0 Å². The van der Waals surface area contributed by atoms with Gasteiger partial charge in [-0.1, -0.05) is 0 Å². The third-order valence-corrected chi connectivity index (χ3v) is 2.10. The molecule has 0 saturated heterocycles. The topological polar surface area (TPSA) is 213 Å². The van der Waals surface area contributed by atoms with Gasteiger partial charge in [-0.05, 0) is 0 Å². The summed E-state index contributed by atoms with van der Waals surface area (Å²) in [5, 5.41) is 67.0. The number of aliphatic carboxylic acids is 3. The highest BCUT2D eigenvalue weighted by Gasteiger charge is 2.40. The molecule has 0 bridgehead atoms. The van der Waals surface area contributed by atoms with E-state index in [1.54, 1.807) is 0 Å². The Morgan fingerprint density at radius 3 is 1.24 bits per heavy atom. The van der Waals surface area contributed by atoms with Crippen LogP contribution >= 0.6 is 0 Å². The molecule has 0 saturated carbocycles. The van der Waals surface area contributed by atoms with Crippen LogP contribution in [0.2, 0.25) is 0 Å². The van der Waals surface area contributed by atoms with Crippen molar-refractivity contribution in [3.05, 3.63) is 0 Å². The molecule has 11 nitrogen and oxygen atoms in total. The van der Waals surface area contributed by atoms with E-state index in [9.17, 15) is 14.4 Å². The quantitative estimate of drug-likeness (QED) is 0.219. The van der Waals surface area contributed by atoms with Crippen LogP contribution in [0.3, 0.4) is 0 Å². The number of carbonyl (C=O) groups is 3. The van der Waals surface area contributed by atoms with Crippen molar-refractivity contribution in [1.29, 1.82) is 0 Å². The first-order valence-electron chi connectivity index (χ1n) is 5.47. The van der Waals surface area contributed by atoms with Crippen molar-refractivity contribution in [2.45, 2.75) is 30.7 Å². The first-order chi connectivity index (χ1) is 9.50. The fourth-order valence-corrected chi connectivity index (χ4v) is 0.957. The molecule has 21 heavy (non-hydrogen) atoms. The van der Waals surface area contributed by atoms with Gasteiger partial charge in [0.1, 0.15) is 12.2 Å². The van der Waals surface area contributed by atoms with Gasteiger partial charge in [0.25, 0.3) is 0 Å². The predicted molar refractivity (Wildman–Crippen MR) is 63.3 cm³/mol. The van der Waals surface area contributed by atoms with Crippen LogP contribution < -0.4 is 0 Å². The highest BCUT2D eigenvalue weighted by Crippen LogP contribution is 2.15. The number of aliphatic hydroxyl groups excluding tert-OH is 4. The van der Waals surface area contributed by atoms with Crippen LogP contribution in [-0.4, -0.2) is 89.8 Å². The van der Waals surface area contributed by atoms with E-state index in [1.807, 2.05) is 0 Å².